The summed E-state index contributed by atoms with van der Waals surface area (Å²) >= 11 is 0. The molecule has 0 spiro atoms. The first-order valence-corrected chi connectivity index (χ1v) is 0.816. The monoisotopic (exact) mass is 88.0 g/mol. The quantitative estimate of drug-likeness (QED) is 0.206. The van der Waals surface area contributed by atoms with E-state index in [1.165, 1.54) is 6.08 Å². The summed E-state index contributed by atoms with van der Waals surface area (Å²) in [5.41, 5.74) is 0. The summed E-state index contributed by atoms with van der Waals surface area (Å²) in [7, 11) is 0. The Balaban J connectivity index is -0.00000000667. The van der Waals surface area contributed by atoms with Crippen LogP contribution in [-0.4, -0.2) is 0 Å². The molecule has 0 atom stereocenters. The van der Waals surface area contributed by atoms with Gasteiger partial charge in [0.1, 0.15) is 0 Å². The molecule has 5 heavy (non-hydrogen) atoms. The van der Waals surface area contributed by atoms with Crippen LogP contribution in [0, 0.1) is 6.92 Å². The average Bonchev–Trinajstić information content (AvgIpc) is 0.918. The Morgan fingerprint density at radius 1 is 1.80 bits per heavy atom. The zero-order valence-corrected chi connectivity index (χ0v) is 7.11. The topological polar surface area (TPSA) is 0 Å². The molecule has 0 amide bonds. The molecule has 0 aliphatic carbocycles. The van der Waals surface area contributed by atoms with Crippen LogP contribution in [0.4, 0.5) is 0 Å². The third-order valence-corrected chi connectivity index (χ3v) is 0. The van der Waals surface area contributed by atoms with Gasteiger partial charge in [-0.05, 0) is 0 Å². The standard InChI is InChI=1S/C3H5.K.Li.H/c1-3-2;;;/h3H,1-2H2;;;/q-1;2*+1;-1. The second-order valence-electron chi connectivity index (χ2n) is 0.289. The second kappa shape index (κ2) is 17.0. The number of hydrogen-bond acceptors (Lipinski definition) is 0. The van der Waals surface area contributed by atoms with Crippen LogP contribution in [0.25, 0.3) is 0 Å². The molecule has 0 radical (unpaired) electrons. The largest absolute Gasteiger partial charge is 1.00 e. The third-order valence-electron chi connectivity index (χ3n) is 0. The van der Waals surface area contributed by atoms with Crippen molar-refractivity contribution < 1.29 is 71.7 Å². The third kappa shape index (κ3) is 25.4. The van der Waals surface area contributed by atoms with Crippen LogP contribution in [0.2, 0.25) is 0 Å². The molecule has 0 fully saturated rings. The van der Waals surface area contributed by atoms with Gasteiger partial charge in [-0.15, -0.1) is 0 Å². The molecule has 0 aliphatic heterocycles. The fraction of sp³-hybridized carbons (Fsp3) is 0. The fourth-order valence-corrected chi connectivity index (χ4v) is 0. The Morgan fingerprint density at radius 3 is 1.80 bits per heavy atom. The van der Waals surface area contributed by atoms with E-state index in [0.717, 1.165) is 0 Å². The van der Waals surface area contributed by atoms with Crippen molar-refractivity contribution in [3.05, 3.63) is 19.6 Å². The summed E-state index contributed by atoms with van der Waals surface area (Å²) in [5, 5.41) is 0. The molecule has 0 bridgehead atoms. The average molecular weight is 88.1 g/mol. The van der Waals surface area contributed by atoms with Crippen molar-refractivity contribution in [2.75, 3.05) is 0 Å². The molecule has 20 valence electrons. The first-order chi connectivity index (χ1) is 1.41. The Morgan fingerprint density at radius 2 is 1.80 bits per heavy atom. The smallest absolute Gasteiger partial charge is 1.00 e. The van der Waals surface area contributed by atoms with Crippen molar-refractivity contribution in [3.8, 4) is 0 Å². The number of hydrogen-bond donors (Lipinski definition) is 0. The SMILES string of the molecule is C=C[CH2-].[H-].[K+].[Li+]. The van der Waals surface area contributed by atoms with Gasteiger partial charge in [0.25, 0.3) is 0 Å². The van der Waals surface area contributed by atoms with E-state index < -0.39 is 0 Å². The molecule has 0 saturated carbocycles. The molecule has 2 heteroatoms. The molecular weight excluding hydrogens is 82.1 g/mol. The van der Waals surface area contributed by atoms with Crippen molar-refractivity contribution in [2.24, 2.45) is 0 Å². The van der Waals surface area contributed by atoms with Crippen molar-refractivity contribution >= 4 is 0 Å². The second-order valence-corrected chi connectivity index (χ2v) is 0.289. The fourth-order valence-electron chi connectivity index (χ4n) is 0. The van der Waals surface area contributed by atoms with Gasteiger partial charge in [0, 0.05) is 0 Å². The molecule has 0 unspecified atom stereocenters. The van der Waals surface area contributed by atoms with Gasteiger partial charge in [-0.2, -0.15) is 0 Å². The maximum atomic E-state index is 3.25. The maximum absolute atomic E-state index is 3.25. The Kier molecular flexibility index (Phi) is 53.6. The van der Waals surface area contributed by atoms with Crippen molar-refractivity contribution in [1.29, 1.82) is 0 Å². The van der Waals surface area contributed by atoms with Crippen LogP contribution in [0.1, 0.15) is 1.43 Å². The van der Waals surface area contributed by atoms with Gasteiger partial charge in [-0.1, -0.05) is 0 Å². The van der Waals surface area contributed by atoms with Gasteiger partial charge in [-0.25, -0.2) is 19.6 Å². The minimum atomic E-state index is 0. The van der Waals surface area contributed by atoms with Crippen molar-refractivity contribution in [1.82, 2.24) is 0 Å². The number of allylic oxidation sites excluding steroid dienone is 1. The summed E-state index contributed by atoms with van der Waals surface area (Å²) in [4.78, 5) is 0. The number of rotatable bonds is 0. The molecule has 0 aromatic rings. The molecule has 0 nitrogen and oxygen atoms in total. The van der Waals surface area contributed by atoms with Crippen LogP contribution in [0.15, 0.2) is 12.7 Å². The Hall–Kier alpha value is 1.84. The van der Waals surface area contributed by atoms with Gasteiger partial charge in [0.15, 0.2) is 0 Å². The minimum Gasteiger partial charge on any atom is -1.00 e. The van der Waals surface area contributed by atoms with Crippen LogP contribution >= 0.6 is 0 Å². The van der Waals surface area contributed by atoms with E-state index in [1.807, 2.05) is 0 Å². The van der Waals surface area contributed by atoms with Crippen LogP contribution < -0.4 is 70.2 Å². The van der Waals surface area contributed by atoms with Crippen LogP contribution in [-0.2, 0) is 0 Å². The molecule has 0 heterocycles. The zero-order valence-electron chi connectivity index (χ0n) is 4.99. The Bertz CT molecular complexity index is 18.3. The van der Waals surface area contributed by atoms with Crippen molar-refractivity contribution in [2.45, 2.75) is 0 Å². The molecule has 0 aromatic heterocycles. The van der Waals surface area contributed by atoms with Crippen LogP contribution in [0.5, 0.6) is 0 Å². The predicted molar refractivity (Wildman–Crippen MR) is 16.7 cm³/mol. The van der Waals surface area contributed by atoms with Gasteiger partial charge in [0.2, 0.25) is 0 Å². The molecule has 0 aromatic carbocycles. The summed E-state index contributed by atoms with van der Waals surface area (Å²) in [6, 6.07) is 0. The van der Waals surface area contributed by atoms with E-state index in [0.29, 0.717) is 0 Å². The maximum Gasteiger partial charge on any atom is 1.00 e. The Labute approximate surface area is 89.5 Å². The van der Waals surface area contributed by atoms with Gasteiger partial charge in [-0.3, -0.25) is 0 Å². The summed E-state index contributed by atoms with van der Waals surface area (Å²) in [5.74, 6) is 0. The van der Waals surface area contributed by atoms with Gasteiger partial charge in [0.05, 0.1) is 0 Å². The van der Waals surface area contributed by atoms with Crippen molar-refractivity contribution in [3.63, 3.8) is 0 Å². The van der Waals surface area contributed by atoms with Crippen LogP contribution in [0.3, 0.4) is 0 Å². The summed E-state index contributed by atoms with van der Waals surface area (Å²) in [6.07, 6.45) is 1.50. The predicted octanol–water partition coefficient (Wildman–Crippen LogP) is -4.87. The van der Waals surface area contributed by atoms with E-state index in [-0.39, 0.29) is 71.7 Å². The first kappa shape index (κ1) is 15.8. The first-order valence-electron chi connectivity index (χ1n) is 0.816. The normalized spacial score (nSPS) is 2.40. The van der Waals surface area contributed by atoms with E-state index in [1.54, 1.807) is 0 Å². The molecule has 0 rings (SSSR count). The minimum absolute atomic E-state index is 0. The zero-order chi connectivity index (χ0) is 2.71. The molecule has 0 N–H and O–H groups in total. The van der Waals surface area contributed by atoms with E-state index >= 15 is 0 Å². The molecule has 0 saturated heterocycles. The van der Waals surface area contributed by atoms with E-state index in [4.69, 9.17) is 0 Å². The van der Waals surface area contributed by atoms with E-state index in [9.17, 15) is 0 Å². The molecular formula is C3H6KLi. The summed E-state index contributed by atoms with van der Waals surface area (Å²) in [6.45, 7) is 6.50. The van der Waals surface area contributed by atoms with Gasteiger partial charge >= 0.3 is 70.2 Å². The van der Waals surface area contributed by atoms with E-state index in [2.05, 4.69) is 13.5 Å². The van der Waals surface area contributed by atoms with Gasteiger partial charge < -0.3 is 1.43 Å². The summed E-state index contributed by atoms with van der Waals surface area (Å²) < 4.78 is 0. The molecule has 0 aliphatic rings.